The average molecular weight is 397 g/mol. The van der Waals surface area contributed by atoms with E-state index in [4.69, 9.17) is 31.8 Å². The van der Waals surface area contributed by atoms with Gasteiger partial charge in [0.1, 0.15) is 11.5 Å². The fourth-order valence-electron chi connectivity index (χ4n) is 2.96. The van der Waals surface area contributed by atoms with Crippen LogP contribution in [0.25, 0.3) is 0 Å². The Kier molecular flexibility index (Phi) is 9.55. The van der Waals surface area contributed by atoms with Crippen LogP contribution in [0, 0.1) is 10.8 Å². The number of hydrogen-bond donors (Lipinski definition) is 4. The summed E-state index contributed by atoms with van der Waals surface area (Å²) in [5.41, 5.74) is 12.9. The highest BCUT2D eigenvalue weighted by atomic mass is 16.5. The van der Waals surface area contributed by atoms with Gasteiger partial charge in [-0.25, -0.2) is 0 Å². The molecular weight excluding hydrogens is 364 g/mol. The lowest BCUT2D eigenvalue weighted by molar-refractivity contribution is 0.293. The van der Waals surface area contributed by atoms with Crippen LogP contribution in [0.4, 0.5) is 0 Å². The number of nitrogens with two attached hydrogens (primary N) is 2. The van der Waals surface area contributed by atoms with Crippen molar-refractivity contribution in [2.24, 2.45) is 11.5 Å². The number of amidine groups is 2. The van der Waals surface area contributed by atoms with Crippen molar-refractivity contribution >= 4 is 11.7 Å². The Balaban J connectivity index is 1.48. The molecule has 0 aliphatic carbocycles. The molecule has 0 unspecified atom stereocenters. The Bertz CT molecular complexity index is 692. The summed E-state index contributed by atoms with van der Waals surface area (Å²) < 4.78 is 11.5. The molecule has 0 amide bonds. The van der Waals surface area contributed by atoms with Crippen LogP contribution in [0.2, 0.25) is 0 Å². The fraction of sp³-hybridized carbons (Fsp3) is 0.391. The first-order valence-electron chi connectivity index (χ1n) is 10.1. The third-order valence-corrected chi connectivity index (χ3v) is 4.46. The van der Waals surface area contributed by atoms with E-state index in [1.165, 1.54) is 6.42 Å². The zero-order valence-electron chi connectivity index (χ0n) is 17.0. The first-order valence-corrected chi connectivity index (χ1v) is 10.1. The second kappa shape index (κ2) is 12.4. The molecule has 0 bridgehead atoms. The van der Waals surface area contributed by atoms with Crippen molar-refractivity contribution in [3.05, 3.63) is 59.7 Å². The summed E-state index contributed by atoms with van der Waals surface area (Å²) in [5, 5.41) is 14.6. The molecule has 0 aliphatic rings. The van der Waals surface area contributed by atoms with Crippen molar-refractivity contribution in [3.63, 3.8) is 0 Å². The van der Waals surface area contributed by atoms with Gasteiger partial charge in [0.05, 0.1) is 24.9 Å². The number of ether oxygens (including phenoxy) is 2. The molecule has 0 radical (unpaired) electrons. The van der Waals surface area contributed by atoms with Crippen LogP contribution in [0.3, 0.4) is 0 Å². The van der Waals surface area contributed by atoms with Crippen LogP contribution in [-0.4, -0.2) is 24.9 Å². The van der Waals surface area contributed by atoms with Gasteiger partial charge in [-0.3, -0.25) is 10.8 Å². The smallest absolute Gasteiger partial charge is 0.119 e. The molecule has 6 N–H and O–H groups in total. The van der Waals surface area contributed by atoms with Crippen molar-refractivity contribution in [1.29, 1.82) is 10.8 Å². The maximum absolute atomic E-state index is 7.30. The first-order chi connectivity index (χ1) is 14.0. The third-order valence-electron chi connectivity index (χ3n) is 4.46. The minimum Gasteiger partial charge on any atom is -0.494 e. The highest BCUT2D eigenvalue weighted by Crippen LogP contribution is 2.15. The van der Waals surface area contributed by atoms with Crippen molar-refractivity contribution in [2.45, 2.75) is 44.9 Å². The number of rotatable bonds is 14. The second-order valence-corrected chi connectivity index (χ2v) is 7.16. The predicted octanol–water partition coefficient (Wildman–Crippen LogP) is 4.05. The van der Waals surface area contributed by atoms with Crippen molar-refractivity contribution in [3.8, 4) is 11.5 Å². The minimum absolute atomic E-state index is 0.173. The van der Waals surface area contributed by atoms with Crippen molar-refractivity contribution in [1.82, 2.24) is 0 Å². The molecular formula is C23H32N4O2. The maximum atomic E-state index is 7.30. The third kappa shape index (κ3) is 9.65. The number of unbranched alkanes of at least 4 members (excludes halogenated alkanes) is 4. The van der Waals surface area contributed by atoms with Crippen LogP contribution in [-0.2, 0) is 12.8 Å². The molecule has 0 saturated heterocycles. The van der Waals surface area contributed by atoms with Gasteiger partial charge in [-0.15, -0.1) is 0 Å². The van der Waals surface area contributed by atoms with E-state index in [1.807, 2.05) is 48.5 Å². The van der Waals surface area contributed by atoms with Crippen molar-refractivity contribution < 1.29 is 9.47 Å². The quantitative estimate of drug-likeness (QED) is 0.219. The Morgan fingerprint density at radius 2 is 0.931 bits per heavy atom. The molecule has 0 heterocycles. The van der Waals surface area contributed by atoms with Crippen molar-refractivity contribution in [2.75, 3.05) is 13.2 Å². The van der Waals surface area contributed by atoms with Crippen LogP contribution < -0.4 is 20.9 Å². The van der Waals surface area contributed by atoms with E-state index in [1.54, 1.807) is 0 Å². The summed E-state index contributed by atoms with van der Waals surface area (Å²) in [6, 6.07) is 15.5. The monoisotopic (exact) mass is 396 g/mol. The lowest BCUT2D eigenvalue weighted by Crippen LogP contribution is -2.12. The largest absolute Gasteiger partial charge is 0.494 e. The standard InChI is InChI=1S/C23H32N4O2/c24-22(25)16-18-6-10-20(11-7-18)28-14-4-2-1-3-5-15-29-21-12-8-19(9-13-21)17-23(26)27/h6-13H,1-5,14-17H2,(H3,24,25)(H3,26,27). The van der Waals surface area contributed by atoms with Crippen LogP contribution in [0.5, 0.6) is 11.5 Å². The lowest BCUT2D eigenvalue weighted by Gasteiger charge is -2.08. The Morgan fingerprint density at radius 3 is 1.28 bits per heavy atom. The predicted molar refractivity (Wildman–Crippen MR) is 118 cm³/mol. The normalized spacial score (nSPS) is 10.5. The van der Waals surface area contributed by atoms with Gasteiger partial charge in [0.15, 0.2) is 0 Å². The van der Waals surface area contributed by atoms with Gasteiger partial charge in [-0.1, -0.05) is 43.5 Å². The summed E-state index contributed by atoms with van der Waals surface area (Å²) in [6.45, 7) is 1.43. The molecule has 29 heavy (non-hydrogen) atoms. The summed E-state index contributed by atoms with van der Waals surface area (Å²) in [5.74, 6) is 2.07. The number of benzene rings is 2. The molecule has 2 rings (SSSR count). The highest BCUT2D eigenvalue weighted by Gasteiger charge is 1.99. The summed E-state index contributed by atoms with van der Waals surface area (Å²) in [4.78, 5) is 0. The molecule has 6 heteroatoms. The van der Waals surface area contributed by atoms with Crippen LogP contribution >= 0.6 is 0 Å². The van der Waals surface area contributed by atoms with Crippen LogP contribution in [0.15, 0.2) is 48.5 Å². The highest BCUT2D eigenvalue weighted by molar-refractivity contribution is 5.79. The SMILES string of the molecule is N=C(N)Cc1ccc(OCCCCCCCOc2ccc(CC(=N)N)cc2)cc1. The molecule has 156 valence electrons. The van der Waals surface area contributed by atoms with Crippen LogP contribution in [0.1, 0.15) is 43.2 Å². The molecule has 2 aromatic carbocycles. The molecule has 2 aromatic rings. The molecule has 0 atom stereocenters. The zero-order chi connectivity index (χ0) is 20.9. The van der Waals surface area contributed by atoms with E-state index in [9.17, 15) is 0 Å². The molecule has 6 nitrogen and oxygen atoms in total. The van der Waals surface area contributed by atoms with Gasteiger partial charge in [-0.05, 0) is 48.2 Å². The Labute approximate surface area is 173 Å². The average Bonchev–Trinajstić information content (AvgIpc) is 2.68. The summed E-state index contributed by atoms with van der Waals surface area (Å²) >= 11 is 0. The molecule has 0 saturated carbocycles. The van der Waals surface area contributed by atoms with Gasteiger partial charge in [0.25, 0.3) is 0 Å². The van der Waals surface area contributed by atoms with E-state index in [-0.39, 0.29) is 11.7 Å². The van der Waals surface area contributed by atoms with E-state index >= 15 is 0 Å². The zero-order valence-corrected chi connectivity index (χ0v) is 17.0. The maximum Gasteiger partial charge on any atom is 0.119 e. The van der Waals surface area contributed by atoms with Gasteiger partial charge >= 0.3 is 0 Å². The fourth-order valence-corrected chi connectivity index (χ4v) is 2.96. The Morgan fingerprint density at radius 1 is 0.586 bits per heavy atom. The number of nitrogens with one attached hydrogen (secondary N) is 2. The van der Waals surface area contributed by atoms with E-state index < -0.39 is 0 Å². The molecule has 0 spiro atoms. The van der Waals surface area contributed by atoms with E-state index in [0.717, 1.165) is 61.5 Å². The molecule has 0 aromatic heterocycles. The lowest BCUT2D eigenvalue weighted by atomic mass is 10.1. The summed E-state index contributed by atoms with van der Waals surface area (Å²) in [7, 11) is 0. The minimum atomic E-state index is 0.173. The number of hydrogen-bond acceptors (Lipinski definition) is 4. The van der Waals surface area contributed by atoms with Gasteiger partial charge < -0.3 is 20.9 Å². The Hall–Kier alpha value is -3.02. The second-order valence-electron chi connectivity index (χ2n) is 7.16. The van der Waals surface area contributed by atoms with Gasteiger partial charge in [0, 0.05) is 12.8 Å². The first kappa shape index (κ1) is 22.3. The topological polar surface area (TPSA) is 118 Å². The molecule has 0 fully saturated rings. The van der Waals surface area contributed by atoms with E-state index in [0.29, 0.717) is 12.8 Å². The van der Waals surface area contributed by atoms with E-state index in [2.05, 4.69) is 0 Å². The van der Waals surface area contributed by atoms with Gasteiger partial charge in [-0.2, -0.15) is 0 Å². The van der Waals surface area contributed by atoms with Gasteiger partial charge in [0.2, 0.25) is 0 Å². The summed E-state index contributed by atoms with van der Waals surface area (Å²) in [6.07, 6.45) is 6.48. The molecule has 0 aliphatic heterocycles.